The number of nitro groups is 1. The molecule has 0 radical (unpaired) electrons. The van der Waals surface area contributed by atoms with Gasteiger partial charge >= 0.3 is 11.7 Å². The number of hydrogen-bond acceptors (Lipinski definition) is 5. The lowest BCUT2D eigenvalue weighted by Gasteiger charge is -2.07. The number of hydrogen-bond donors (Lipinski definition) is 1. The Morgan fingerprint density at radius 2 is 2.29 bits per heavy atom. The van der Waals surface area contributed by atoms with E-state index in [1.54, 1.807) is 12.4 Å². The van der Waals surface area contributed by atoms with Crippen LogP contribution >= 0.6 is 0 Å². The lowest BCUT2D eigenvalue weighted by Crippen LogP contribution is -2.08. The molecule has 8 heteroatoms. The number of carboxylic acids is 1. The quantitative estimate of drug-likeness (QED) is 0.640. The molecule has 0 amide bonds. The van der Waals surface area contributed by atoms with E-state index in [1.165, 1.54) is 12.1 Å². The van der Waals surface area contributed by atoms with E-state index in [2.05, 4.69) is 4.98 Å². The fourth-order valence-corrected chi connectivity index (χ4v) is 1.80. The zero-order chi connectivity index (χ0) is 15.4. The van der Waals surface area contributed by atoms with E-state index in [4.69, 9.17) is 9.84 Å². The maximum Gasteiger partial charge on any atom is 0.335 e. The molecule has 1 N–H and O–H groups in total. The van der Waals surface area contributed by atoms with Gasteiger partial charge in [-0.25, -0.2) is 9.78 Å². The van der Waals surface area contributed by atoms with Gasteiger partial charge in [-0.2, -0.15) is 0 Å². The summed E-state index contributed by atoms with van der Waals surface area (Å²) >= 11 is 0. The molecule has 1 aromatic heterocycles. The Morgan fingerprint density at radius 3 is 2.86 bits per heavy atom. The second-order valence-corrected chi connectivity index (χ2v) is 4.30. The second-order valence-electron chi connectivity index (χ2n) is 4.30. The molecule has 21 heavy (non-hydrogen) atoms. The third-order valence-corrected chi connectivity index (χ3v) is 2.91. The first-order chi connectivity index (χ1) is 9.99. The van der Waals surface area contributed by atoms with Gasteiger partial charge in [0, 0.05) is 31.9 Å². The molecule has 0 saturated heterocycles. The highest BCUT2D eigenvalue weighted by Crippen LogP contribution is 2.28. The van der Waals surface area contributed by atoms with Crippen molar-refractivity contribution < 1.29 is 19.6 Å². The van der Waals surface area contributed by atoms with Crippen LogP contribution in [0.4, 0.5) is 5.69 Å². The molecule has 1 aromatic carbocycles. The third-order valence-electron chi connectivity index (χ3n) is 2.91. The first kappa shape index (κ1) is 14.5. The molecule has 0 aliphatic rings. The van der Waals surface area contributed by atoms with Gasteiger partial charge in [-0.05, 0) is 12.1 Å². The number of nitro benzene ring substituents is 1. The number of aryl methyl sites for hydroxylation is 1. The summed E-state index contributed by atoms with van der Waals surface area (Å²) in [5.74, 6) is -0.392. The number of rotatable bonds is 6. The molecule has 2 rings (SSSR count). The molecule has 0 aliphatic heterocycles. The smallest absolute Gasteiger partial charge is 0.335 e. The molecular weight excluding hydrogens is 278 g/mol. The summed E-state index contributed by atoms with van der Waals surface area (Å²) in [7, 11) is 1.84. The molecule has 0 fully saturated rings. The maximum atomic E-state index is 11.0. The fourth-order valence-electron chi connectivity index (χ4n) is 1.80. The van der Waals surface area contributed by atoms with E-state index >= 15 is 0 Å². The minimum Gasteiger partial charge on any atom is -0.486 e. The highest BCUT2D eigenvalue weighted by molar-refractivity contribution is 5.88. The van der Waals surface area contributed by atoms with E-state index in [9.17, 15) is 14.9 Å². The average Bonchev–Trinajstić information content (AvgIpc) is 2.84. The van der Waals surface area contributed by atoms with Crippen molar-refractivity contribution in [1.82, 2.24) is 9.55 Å². The fraction of sp³-hybridized carbons (Fsp3) is 0.231. The zero-order valence-electron chi connectivity index (χ0n) is 11.2. The molecular formula is C13H13N3O5. The molecule has 1 heterocycles. The Kier molecular flexibility index (Phi) is 4.17. The predicted molar refractivity (Wildman–Crippen MR) is 72.5 cm³/mol. The number of nitrogens with zero attached hydrogens (tertiary/aromatic N) is 3. The van der Waals surface area contributed by atoms with Gasteiger partial charge in [0.15, 0.2) is 5.75 Å². The minimum atomic E-state index is -1.22. The summed E-state index contributed by atoms with van der Waals surface area (Å²) in [6.45, 7) is 0.206. The first-order valence-corrected chi connectivity index (χ1v) is 6.10. The second kappa shape index (κ2) is 6.04. The van der Waals surface area contributed by atoms with Gasteiger partial charge in [0.1, 0.15) is 5.82 Å². The predicted octanol–water partition coefficient (Wildman–Crippen LogP) is 1.65. The maximum absolute atomic E-state index is 11.0. The van der Waals surface area contributed by atoms with Crippen LogP contribution in [0.5, 0.6) is 5.75 Å². The number of imidazole rings is 1. The Hall–Kier alpha value is -2.90. The third kappa shape index (κ3) is 3.35. The number of carboxylic acid groups (broad SMARTS) is 1. The van der Waals surface area contributed by atoms with Crippen molar-refractivity contribution in [2.45, 2.75) is 6.42 Å². The molecule has 110 valence electrons. The SMILES string of the molecule is Cn1ccnc1CCOc1ccc(C(=O)O)cc1[N+](=O)[O-]. The van der Waals surface area contributed by atoms with Gasteiger partial charge in [-0.3, -0.25) is 10.1 Å². The molecule has 2 aromatic rings. The monoisotopic (exact) mass is 291 g/mol. The summed E-state index contributed by atoms with van der Waals surface area (Å²) in [6.07, 6.45) is 3.93. The Balaban J connectivity index is 2.10. The normalized spacial score (nSPS) is 10.3. The van der Waals surface area contributed by atoms with Crippen molar-refractivity contribution in [1.29, 1.82) is 0 Å². The topological polar surface area (TPSA) is 107 Å². The van der Waals surface area contributed by atoms with Crippen LogP contribution in [0, 0.1) is 10.1 Å². The zero-order valence-corrected chi connectivity index (χ0v) is 11.2. The largest absolute Gasteiger partial charge is 0.486 e. The van der Waals surface area contributed by atoms with Crippen LogP contribution in [0.1, 0.15) is 16.2 Å². The van der Waals surface area contributed by atoms with Gasteiger partial charge in [0.25, 0.3) is 0 Å². The van der Waals surface area contributed by atoms with Gasteiger partial charge in [-0.15, -0.1) is 0 Å². The van der Waals surface area contributed by atoms with Crippen LogP contribution in [0.25, 0.3) is 0 Å². The van der Waals surface area contributed by atoms with E-state index in [0.717, 1.165) is 11.9 Å². The minimum absolute atomic E-state index is 0.0409. The van der Waals surface area contributed by atoms with Crippen molar-refractivity contribution >= 4 is 11.7 Å². The number of benzene rings is 1. The van der Waals surface area contributed by atoms with Crippen molar-refractivity contribution in [3.63, 3.8) is 0 Å². The van der Waals surface area contributed by atoms with Crippen LogP contribution in [-0.4, -0.2) is 32.2 Å². The summed E-state index contributed by atoms with van der Waals surface area (Å²) in [5.41, 5.74) is -0.520. The highest BCUT2D eigenvalue weighted by Gasteiger charge is 2.18. The summed E-state index contributed by atoms with van der Waals surface area (Å²) in [5, 5.41) is 19.8. The molecule has 0 bridgehead atoms. The van der Waals surface area contributed by atoms with Crippen LogP contribution in [0.3, 0.4) is 0 Å². The van der Waals surface area contributed by atoms with E-state index in [1.807, 2.05) is 11.6 Å². The molecule has 0 saturated carbocycles. The van der Waals surface area contributed by atoms with Crippen LogP contribution < -0.4 is 4.74 Å². The van der Waals surface area contributed by atoms with Crippen molar-refractivity contribution in [3.05, 3.63) is 52.1 Å². The van der Waals surface area contributed by atoms with Crippen molar-refractivity contribution in [2.24, 2.45) is 7.05 Å². The lowest BCUT2D eigenvalue weighted by molar-refractivity contribution is -0.385. The molecule has 0 aliphatic carbocycles. The number of aromatic nitrogens is 2. The van der Waals surface area contributed by atoms with Crippen molar-refractivity contribution in [3.8, 4) is 5.75 Å². The average molecular weight is 291 g/mol. The molecule has 8 nitrogen and oxygen atoms in total. The Labute approximate surface area is 119 Å². The van der Waals surface area contributed by atoms with Gasteiger partial charge in [0.2, 0.25) is 0 Å². The highest BCUT2D eigenvalue weighted by atomic mass is 16.6. The number of aromatic carboxylic acids is 1. The standard InChI is InChI=1S/C13H13N3O5/c1-15-6-5-14-12(15)4-7-21-11-3-2-9(13(17)18)8-10(11)16(19)20/h2-3,5-6,8H,4,7H2,1H3,(H,17,18). The number of ether oxygens (including phenoxy) is 1. The summed E-state index contributed by atoms with van der Waals surface area (Å²) in [6, 6.07) is 3.55. The molecule has 0 unspecified atom stereocenters. The van der Waals surface area contributed by atoms with E-state index in [0.29, 0.717) is 6.42 Å². The van der Waals surface area contributed by atoms with Crippen LogP contribution in [-0.2, 0) is 13.5 Å². The van der Waals surface area contributed by atoms with Crippen molar-refractivity contribution in [2.75, 3.05) is 6.61 Å². The van der Waals surface area contributed by atoms with Gasteiger partial charge in [-0.1, -0.05) is 0 Å². The number of carbonyl (C=O) groups is 1. The van der Waals surface area contributed by atoms with Gasteiger partial charge in [0.05, 0.1) is 17.1 Å². The first-order valence-electron chi connectivity index (χ1n) is 6.10. The Morgan fingerprint density at radius 1 is 1.52 bits per heavy atom. The van der Waals surface area contributed by atoms with Crippen LogP contribution in [0.2, 0.25) is 0 Å². The Bertz CT molecular complexity index is 680. The summed E-state index contributed by atoms with van der Waals surface area (Å²) < 4.78 is 7.20. The van der Waals surface area contributed by atoms with Gasteiger partial charge < -0.3 is 14.4 Å². The molecule has 0 spiro atoms. The lowest BCUT2D eigenvalue weighted by atomic mass is 10.2. The molecule has 0 atom stereocenters. The van der Waals surface area contributed by atoms with E-state index < -0.39 is 10.9 Å². The van der Waals surface area contributed by atoms with Crippen LogP contribution in [0.15, 0.2) is 30.6 Å². The summed E-state index contributed by atoms with van der Waals surface area (Å²) in [4.78, 5) is 25.2. The van der Waals surface area contributed by atoms with E-state index in [-0.39, 0.29) is 23.6 Å².